The average molecular weight is 242 g/mol. The van der Waals surface area contributed by atoms with Crippen LogP contribution in [0.4, 0.5) is 0 Å². The van der Waals surface area contributed by atoms with Crippen LogP contribution in [0.3, 0.4) is 0 Å². The van der Waals surface area contributed by atoms with Crippen molar-refractivity contribution in [3.05, 3.63) is 71.8 Å². The fourth-order valence-electron chi connectivity index (χ4n) is 1.77. The van der Waals surface area contributed by atoms with E-state index in [2.05, 4.69) is 0 Å². The number of carboxylic acids is 1. The maximum Gasteiger partial charge on any atom is 0.345 e. The molecule has 3 nitrogen and oxygen atoms in total. The van der Waals surface area contributed by atoms with Crippen LogP contribution in [0.15, 0.2) is 60.7 Å². The molecule has 0 aliphatic carbocycles. The predicted octanol–water partition coefficient (Wildman–Crippen LogP) is 0.823. The third-order valence-corrected chi connectivity index (χ3v) is 2.69. The Balaban J connectivity index is 0.00000162. The van der Waals surface area contributed by atoms with Gasteiger partial charge in [0.25, 0.3) is 0 Å². The molecule has 0 saturated carbocycles. The number of carbonyl (C=O) groups is 1. The molecule has 2 aromatic carbocycles. The summed E-state index contributed by atoms with van der Waals surface area (Å²) < 4.78 is 0. The highest BCUT2D eigenvalue weighted by Gasteiger charge is 2.39. The molecule has 0 unspecified atom stereocenters. The molecule has 2 N–H and O–H groups in total. The van der Waals surface area contributed by atoms with Crippen LogP contribution in [0.2, 0.25) is 0 Å². The molecule has 4 heteroatoms. The minimum absolute atomic E-state index is 0. The van der Waals surface area contributed by atoms with Crippen LogP contribution in [0.5, 0.6) is 0 Å². The first kappa shape index (κ1) is 14.0. The summed E-state index contributed by atoms with van der Waals surface area (Å²) in [6.45, 7) is 0. The van der Waals surface area contributed by atoms with Gasteiger partial charge in [0.1, 0.15) is 0 Å². The van der Waals surface area contributed by atoms with Crippen LogP contribution in [-0.2, 0) is 10.4 Å². The second kappa shape index (κ2) is 5.51. The lowest BCUT2D eigenvalue weighted by Crippen LogP contribution is -2.36. The van der Waals surface area contributed by atoms with E-state index < -0.39 is 11.6 Å². The number of hydrogen-bond donors (Lipinski definition) is 2. The zero-order valence-electron chi connectivity index (χ0n) is 9.08. The lowest BCUT2D eigenvalue weighted by molar-refractivity contribution is -0.155. The van der Waals surface area contributed by atoms with E-state index in [1.807, 2.05) is 0 Å². The van der Waals surface area contributed by atoms with E-state index >= 15 is 0 Å². The second-order valence-electron chi connectivity index (χ2n) is 3.75. The predicted molar refractivity (Wildman–Crippen MR) is 73.5 cm³/mol. The number of aliphatic hydroxyl groups is 1. The summed E-state index contributed by atoms with van der Waals surface area (Å²) in [5.41, 5.74) is -1.31. The summed E-state index contributed by atoms with van der Waals surface area (Å²) in [6.07, 6.45) is 0. The smallest absolute Gasteiger partial charge is 0.345 e. The fraction of sp³-hybridized carbons (Fsp3) is 0.0714. The van der Waals surface area contributed by atoms with E-state index in [9.17, 15) is 15.0 Å². The van der Waals surface area contributed by atoms with Crippen molar-refractivity contribution in [3.63, 3.8) is 0 Å². The minimum atomic E-state index is -2.00. The van der Waals surface area contributed by atoms with E-state index in [4.69, 9.17) is 0 Å². The van der Waals surface area contributed by atoms with E-state index in [0.29, 0.717) is 11.1 Å². The lowest BCUT2D eigenvalue weighted by atomic mass is 9.86. The lowest BCUT2D eigenvalue weighted by Gasteiger charge is -2.24. The molecule has 0 heterocycles. The largest absolute Gasteiger partial charge is 0.479 e. The molecule has 2 rings (SSSR count). The Morgan fingerprint density at radius 3 is 1.44 bits per heavy atom. The summed E-state index contributed by atoms with van der Waals surface area (Å²) in [4.78, 5) is 11.4. The van der Waals surface area contributed by atoms with E-state index in [1.54, 1.807) is 60.7 Å². The number of benzene rings is 2. The van der Waals surface area contributed by atoms with Crippen LogP contribution < -0.4 is 0 Å². The summed E-state index contributed by atoms with van der Waals surface area (Å²) in [6, 6.07) is 16.7. The van der Waals surface area contributed by atoms with Gasteiger partial charge in [-0.25, -0.2) is 4.79 Å². The third kappa shape index (κ3) is 2.29. The standard InChI is InChI=1S/C14H12O3.BH3/c15-13(16)14(17,11-7-3-1-4-8-11)12-9-5-2-6-10-12;/h1-10,17H,(H,15,16);1H3. The Morgan fingerprint density at radius 2 is 1.17 bits per heavy atom. The van der Waals surface area contributed by atoms with Gasteiger partial charge in [-0.2, -0.15) is 0 Å². The highest BCUT2D eigenvalue weighted by Crippen LogP contribution is 2.29. The first-order valence-electron chi connectivity index (χ1n) is 5.22. The normalized spacial score (nSPS) is 10.5. The van der Waals surface area contributed by atoms with Crippen molar-refractivity contribution in [1.82, 2.24) is 0 Å². The van der Waals surface area contributed by atoms with Crippen LogP contribution in [-0.4, -0.2) is 24.6 Å². The summed E-state index contributed by atoms with van der Waals surface area (Å²) in [7, 11) is 0. The van der Waals surface area contributed by atoms with E-state index in [0.717, 1.165) is 0 Å². The molecule has 0 radical (unpaired) electrons. The van der Waals surface area contributed by atoms with Crippen molar-refractivity contribution < 1.29 is 15.0 Å². The molecule has 0 bridgehead atoms. The molecule has 0 atom stereocenters. The summed E-state index contributed by atoms with van der Waals surface area (Å²) >= 11 is 0. The van der Waals surface area contributed by atoms with Gasteiger partial charge in [0.05, 0.1) is 8.41 Å². The van der Waals surface area contributed by atoms with Gasteiger partial charge in [0.15, 0.2) is 0 Å². The first-order valence-corrected chi connectivity index (χ1v) is 5.22. The first-order chi connectivity index (χ1) is 8.15. The molecule has 18 heavy (non-hydrogen) atoms. The van der Waals surface area contributed by atoms with Crippen LogP contribution >= 0.6 is 0 Å². The van der Waals surface area contributed by atoms with Gasteiger partial charge in [-0.3, -0.25) is 0 Å². The second-order valence-corrected chi connectivity index (χ2v) is 3.75. The average Bonchev–Trinajstić information content (AvgIpc) is 2.39. The Bertz CT molecular complexity index is 472. The van der Waals surface area contributed by atoms with Gasteiger partial charge in [-0.1, -0.05) is 60.7 Å². The van der Waals surface area contributed by atoms with Crippen molar-refractivity contribution >= 4 is 14.4 Å². The topological polar surface area (TPSA) is 57.5 Å². The number of carboxylic acid groups (broad SMARTS) is 1. The fourth-order valence-corrected chi connectivity index (χ4v) is 1.77. The Labute approximate surface area is 107 Å². The van der Waals surface area contributed by atoms with Gasteiger partial charge in [0, 0.05) is 0 Å². The third-order valence-electron chi connectivity index (χ3n) is 2.69. The molecule has 0 spiro atoms. The molecule has 0 aliphatic heterocycles. The van der Waals surface area contributed by atoms with Crippen molar-refractivity contribution in [3.8, 4) is 0 Å². The van der Waals surface area contributed by atoms with Crippen LogP contribution in [0.25, 0.3) is 0 Å². The zero-order valence-corrected chi connectivity index (χ0v) is 9.08. The molecule has 0 aromatic heterocycles. The number of hydrogen-bond acceptors (Lipinski definition) is 2. The van der Waals surface area contributed by atoms with Crippen molar-refractivity contribution in [2.75, 3.05) is 0 Å². The quantitative estimate of drug-likeness (QED) is 0.783. The van der Waals surface area contributed by atoms with Crippen molar-refractivity contribution in [2.24, 2.45) is 0 Å². The molecule has 0 fully saturated rings. The highest BCUT2D eigenvalue weighted by molar-refractivity contribution is 5.83. The molecular formula is C14H15BO3. The molecule has 92 valence electrons. The van der Waals surface area contributed by atoms with E-state index in [-0.39, 0.29) is 8.41 Å². The van der Waals surface area contributed by atoms with Crippen LogP contribution in [0, 0.1) is 0 Å². The molecule has 0 saturated heterocycles. The molecule has 0 amide bonds. The summed E-state index contributed by atoms with van der Waals surface area (Å²) in [5, 5.41) is 19.7. The molecule has 2 aromatic rings. The Morgan fingerprint density at radius 1 is 0.833 bits per heavy atom. The van der Waals surface area contributed by atoms with E-state index in [1.165, 1.54) is 0 Å². The number of rotatable bonds is 3. The van der Waals surface area contributed by atoms with Crippen molar-refractivity contribution in [1.29, 1.82) is 0 Å². The zero-order chi connectivity index (χ0) is 12.3. The van der Waals surface area contributed by atoms with Gasteiger partial charge in [-0.15, -0.1) is 0 Å². The monoisotopic (exact) mass is 242 g/mol. The molecular weight excluding hydrogens is 227 g/mol. The molecule has 0 aliphatic rings. The highest BCUT2D eigenvalue weighted by atomic mass is 16.4. The van der Waals surface area contributed by atoms with Gasteiger partial charge < -0.3 is 10.2 Å². The summed E-state index contributed by atoms with van der Waals surface area (Å²) in [5.74, 6) is -1.28. The van der Waals surface area contributed by atoms with Gasteiger partial charge >= 0.3 is 5.97 Å². The minimum Gasteiger partial charge on any atom is -0.479 e. The Hall–Kier alpha value is -2.07. The van der Waals surface area contributed by atoms with Gasteiger partial charge in [0.2, 0.25) is 5.60 Å². The Kier molecular flexibility index (Phi) is 4.29. The maximum atomic E-state index is 11.4. The SMILES string of the molecule is B.O=C(O)C(O)(c1ccccc1)c1ccccc1. The van der Waals surface area contributed by atoms with Gasteiger partial charge in [-0.05, 0) is 11.1 Å². The maximum absolute atomic E-state index is 11.4. The van der Waals surface area contributed by atoms with Crippen LogP contribution in [0.1, 0.15) is 11.1 Å². The number of aliphatic carboxylic acids is 1. The van der Waals surface area contributed by atoms with Crippen molar-refractivity contribution in [2.45, 2.75) is 5.60 Å².